The Morgan fingerprint density at radius 2 is 1.49 bits per heavy atom. The van der Waals surface area contributed by atoms with E-state index in [0.717, 1.165) is 11.1 Å². The number of rotatable bonds is 5. The molecule has 2 N–H and O–H groups in total. The fourth-order valence-corrected chi connectivity index (χ4v) is 4.07. The summed E-state index contributed by atoms with van der Waals surface area (Å²) < 4.78 is 19.0. The van der Waals surface area contributed by atoms with Gasteiger partial charge >= 0.3 is 0 Å². The van der Waals surface area contributed by atoms with Gasteiger partial charge in [0.15, 0.2) is 10.7 Å². The Bertz CT molecular complexity index is 1450. The first-order chi connectivity index (χ1) is 17.1. The number of oxazole rings is 1. The highest BCUT2D eigenvalue weighted by Crippen LogP contribution is 2.27. The van der Waals surface area contributed by atoms with Gasteiger partial charge in [-0.2, -0.15) is 0 Å². The summed E-state index contributed by atoms with van der Waals surface area (Å²) in [6, 6.07) is 30.4. The lowest BCUT2D eigenvalue weighted by Crippen LogP contribution is -2.37. The Morgan fingerprint density at radius 3 is 2.11 bits per heavy atom. The van der Waals surface area contributed by atoms with Crippen LogP contribution in [0.25, 0.3) is 22.6 Å². The molecule has 0 fully saturated rings. The second-order valence-corrected chi connectivity index (χ2v) is 8.31. The molecule has 0 aliphatic carbocycles. The highest BCUT2D eigenvalue weighted by atomic mass is 32.1. The third-order valence-electron chi connectivity index (χ3n) is 5.50. The Labute approximate surface area is 206 Å². The van der Waals surface area contributed by atoms with Crippen LogP contribution >= 0.6 is 12.2 Å². The first kappa shape index (κ1) is 22.4. The maximum Gasteiger partial charge on any atom is 0.238 e. The number of carbonyl (C=O) groups is 1. The highest BCUT2D eigenvalue weighted by Gasteiger charge is 2.23. The van der Waals surface area contributed by atoms with Gasteiger partial charge in [0.25, 0.3) is 0 Å². The predicted octanol–water partition coefficient (Wildman–Crippen LogP) is 6.28. The minimum absolute atomic E-state index is 0.175. The van der Waals surface area contributed by atoms with Crippen molar-refractivity contribution >= 4 is 40.0 Å². The van der Waals surface area contributed by atoms with Crippen LogP contribution in [-0.4, -0.2) is 16.0 Å². The van der Waals surface area contributed by atoms with Gasteiger partial charge in [-0.25, -0.2) is 9.37 Å². The molecule has 0 radical (unpaired) electrons. The van der Waals surface area contributed by atoms with E-state index in [0.29, 0.717) is 28.2 Å². The molecule has 0 saturated carbocycles. The van der Waals surface area contributed by atoms with E-state index in [4.69, 9.17) is 16.6 Å². The Morgan fingerprint density at radius 1 is 0.857 bits per heavy atom. The van der Waals surface area contributed by atoms with E-state index in [1.807, 2.05) is 60.7 Å². The largest absolute Gasteiger partial charge is 0.436 e. The van der Waals surface area contributed by atoms with Crippen LogP contribution < -0.4 is 10.6 Å². The van der Waals surface area contributed by atoms with Gasteiger partial charge in [-0.05, 0) is 65.8 Å². The molecule has 35 heavy (non-hydrogen) atoms. The van der Waals surface area contributed by atoms with E-state index < -0.39 is 5.92 Å². The molecule has 1 heterocycles. The van der Waals surface area contributed by atoms with E-state index in [9.17, 15) is 9.18 Å². The van der Waals surface area contributed by atoms with Crippen molar-refractivity contribution in [3.63, 3.8) is 0 Å². The van der Waals surface area contributed by atoms with E-state index in [1.165, 1.54) is 12.1 Å². The molecule has 172 valence electrons. The van der Waals surface area contributed by atoms with Gasteiger partial charge in [0.2, 0.25) is 11.8 Å². The summed E-state index contributed by atoms with van der Waals surface area (Å²) in [6.07, 6.45) is 0. The van der Waals surface area contributed by atoms with Crippen LogP contribution in [0.3, 0.4) is 0 Å². The fraction of sp³-hybridized carbons (Fsp3) is 0.0357. The third-order valence-corrected chi connectivity index (χ3v) is 5.71. The number of benzene rings is 4. The lowest BCUT2D eigenvalue weighted by molar-refractivity contribution is -0.120. The number of hydrogen-bond donors (Lipinski definition) is 2. The lowest BCUT2D eigenvalue weighted by Gasteiger charge is -2.18. The summed E-state index contributed by atoms with van der Waals surface area (Å²) in [4.78, 5) is 17.7. The Hall–Kier alpha value is -4.36. The zero-order valence-corrected chi connectivity index (χ0v) is 19.3. The van der Waals surface area contributed by atoms with Gasteiger partial charge < -0.3 is 15.1 Å². The highest BCUT2D eigenvalue weighted by molar-refractivity contribution is 7.80. The van der Waals surface area contributed by atoms with Crippen molar-refractivity contribution in [1.29, 1.82) is 0 Å². The SMILES string of the molecule is O=C(NC(=S)Nc1ccc2oc(-c3ccc(F)cc3)nc2c1)C(c1ccccc1)c1ccccc1. The average Bonchev–Trinajstić information content (AvgIpc) is 3.29. The van der Waals surface area contributed by atoms with E-state index in [2.05, 4.69) is 15.6 Å². The van der Waals surface area contributed by atoms with Gasteiger partial charge in [0.05, 0.1) is 5.92 Å². The van der Waals surface area contributed by atoms with Crippen molar-refractivity contribution < 1.29 is 13.6 Å². The molecule has 0 unspecified atom stereocenters. The first-order valence-electron chi connectivity index (χ1n) is 10.9. The van der Waals surface area contributed by atoms with E-state index in [1.54, 1.807) is 30.3 Å². The van der Waals surface area contributed by atoms with Crippen molar-refractivity contribution in [1.82, 2.24) is 10.3 Å². The maximum absolute atomic E-state index is 13.2. The molecule has 4 aromatic carbocycles. The molecule has 5 nitrogen and oxygen atoms in total. The molecular weight excluding hydrogens is 461 g/mol. The molecule has 1 aromatic heterocycles. The zero-order chi connectivity index (χ0) is 24.2. The summed E-state index contributed by atoms with van der Waals surface area (Å²) in [5.74, 6) is -0.676. The van der Waals surface area contributed by atoms with Crippen LogP contribution in [0.4, 0.5) is 10.1 Å². The van der Waals surface area contributed by atoms with Crippen molar-refractivity contribution in [2.45, 2.75) is 5.92 Å². The quantitative estimate of drug-likeness (QED) is 0.289. The van der Waals surface area contributed by atoms with E-state index >= 15 is 0 Å². The maximum atomic E-state index is 13.2. The molecule has 0 aliphatic rings. The van der Waals surface area contributed by atoms with Gasteiger partial charge in [-0.15, -0.1) is 0 Å². The molecule has 5 aromatic rings. The summed E-state index contributed by atoms with van der Waals surface area (Å²) in [5, 5.41) is 6.03. The molecule has 0 bridgehead atoms. The molecule has 0 saturated heterocycles. The lowest BCUT2D eigenvalue weighted by atomic mass is 9.90. The van der Waals surface area contributed by atoms with Gasteiger partial charge in [-0.3, -0.25) is 4.79 Å². The second kappa shape index (κ2) is 9.87. The van der Waals surface area contributed by atoms with Gasteiger partial charge in [0.1, 0.15) is 11.3 Å². The number of amides is 1. The number of carbonyl (C=O) groups excluding carboxylic acids is 1. The molecule has 5 rings (SSSR count). The van der Waals surface area contributed by atoms with Gasteiger partial charge in [-0.1, -0.05) is 60.7 Å². The predicted molar refractivity (Wildman–Crippen MR) is 138 cm³/mol. The first-order valence-corrected chi connectivity index (χ1v) is 11.4. The normalized spacial score (nSPS) is 10.9. The topological polar surface area (TPSA) is 67.2 Å². The molecule has 0 aliphatic heterocycles. The van der Waals surface area contributed by atoms with Crippen molar-refractivity contribution in [3.05, 3.63) is 120 Å². The fourth-order valence-electron chi connectivity index (χ4n) is 3.85. The number of nitrogens with zero attached hydrogens (tertiary/aromatic N) is 1. The van der Waals surface area contributed by atoms with Crippen LogP contribution in [0, 0.1) is 5.82 Å². The summed E-state index contributed by atoms with van der Waals surface area (Å²) in [7, 11) is 0. The number of thiocarbonyl (C=S) groups is 1. The summed E-state index contributed by atoms with van der Waals surface area (Å²) >= 11 is 5.43. The molecule has 1 amide bonds. The Kier molecular flexibility index (Phi) is 6.32. The summed E-state index contributed by atoms with van der Waals surface area (Å²) in [5.41, 5.74) is 4.26. The molecule has 0 spiro atoms. The van der Waals surface area contributed by atoms with Crippen LogP contribution in [0.1, 0.15) is 17.0 Å². The van der Waals surface area contributed by atoms with Crippen LogP contribution in [0.15, 0.2) is 108 Å². The zero-order valence-electron chi connectivity index (χ0n) is 18.4. The Balaban J connectivity index is 1.32. The number of nitrogens with one attached hydrogen (secondary N) is 2. The monoisotopic (exact) mass is 481 g/mol. The molecule has 7 heteroatoms. The standard InChI is InChI=1S/C28H20FN3O2S/c29-21-13-11-20(12-14-21)27-31-23-17-22(15-16-24(23)34-27)30-28(35)32-26(33)25(18-7-3-1-4-8-18)19-9-5-2-6-10-19/h1-17,25H,(H2,30,32,33,35). The van der Waals surface area contributed by atoms with Crippen LogP contribution in [-0.2, 0) is 4.79 Å². The van der Waals surface area contributed by atoms with Crippen molar-refractivity contribution in [2.24, 2.45) is 0 Å². The number of halogens is 1. The van der Waals surface area contributed by atoms with Crippen LogP contribution in [0.5, 0.6) is 0 Å². The number of aromatic nitrogens is 1. The molecule has 0 atom stereocenters. The minimum Gasteiger partial charge on any atom is -0.436 e. The second-order valence-electron chi connectivity index (χ2n) is 7.91. The third kappa shape index (κ3) is 5.10. The number of fused-ring (bicyclic) bond motifs is 1. The van der Waals surface area contributed by atoms with Crippen molar-refractivity contribution in [2.75, 3.05) is 5.32 Å². The van der Waals surface area contributed by atoms with E-state index in [-0.39, 0.29) is 16.8 Å². The summed E-state index contributed by atoms with van der Waals surface area (Å²) in [6.45, 7) is 0. The van der Waals surface area contributed by atoms with Crippen molar-refractivity contribution in [3.8, 4) is 11.5 Å². The average molecular weight is 482 g/mol. The minimum atomic E-state index is -0.506. The number of anilines is 1. The smallest absolute Gasteiger partial charge is 0.238 e. The van der Waals surface area contributed by atoms with Crippen LogP contribution in [0.2, 0.25) is 0 Å². The molecular formula is C28H20FN3O2S. The number of hydrogen-bond acceptors (Lipinski definition) is 4. The van der Waals surface area contributed by atoms with Gasteiger partial charge in [0, 0.05) is 11.3 Å².